The number of methoxy groups -OCH3 is 1. The number of piperidine rings is 1. The van der Waals surface area contributed by atoms with Crippen molar-refractivity contribution in [2.45, 2.75) is 31.7 Å². The van der Waals surface area contributed by atoms with E-state index in [2.05, 4.69) is 45.7 Å². The van der Waals surface area contributed by atoms with Crippen molar-refractivity contribution in [2.75, 3.05) is 50.6 Å². The maximum Gasteiger partial charge on any atom is 0.313 e. The predicted octanol–water partition coefficient (Wildman–Crippen LogP) is 2.97. The van der Waals surface area contributed by atoms with E-state index < -0.39 is 11.8 Å². The van der Waals surface area contributed by atoms with Crippen molar-refractivity contribution < 1.29 is 14.3 Å². The number of hydrogen-bond acceptors (Lipinski definition) is 5. The molecule has 2 heterocycles. The van der Waals surface area contributed by atoms with Crippen LogP contribution in [0.5, 0.6) is 5.75 Å². The molecule has 1 atom stereocenters. The van der Waals surface area contributed by atoms with Crippen molar-refractivity contribution in [1.29, 1.82) is 0 Å². The van der Waals surface area contributed by atoms with Gasteiger partial charge in [-0.2, -0.15) is 0 Å². The Labute approximate surface area is 189 Å². The minimum absolute atomic E-state index is 0.0595. The summed E-state index contributed by atoms with van der Waals surface area (Å²) in [7, 11) is 3.70. The third-order valence-electron chi connectivity index (χ3n) is 6.46. The SMILES string of the molecule is COc1ccc(NC(=O)C(=O)NC[C@@H](c2ccc3c(c2)CCN3C)N2CCCCC2)cc1. The number of carbonyl (C=O) groups excluding carboxylic acids is 2. The van der Waals surface area contributed by atoms with Crippen LogP contribution in [-0.2, 0) is 16.0 Å². The quantitative estimate of drug-likeness (QED) is 0.681. The number of hydrogen-bond donors (Lipinski definition) is 2. The molecule has 2 aliphatic rings. The molecule has 32 heavy (non-hydrogen) atoms. The third kappa shape index (κ3) is 5.05. The van der Waals surface area contributed by atoms with E-state index in [1.165, 1.54) is 23.2 Å². The number of nitrogens with zero attached hydrogens (tertiary/aromatic N) is 2. The van der Waals surface area contributed by atoms with Crippen molar-refractivity contribution >= 4 is 23.2 Å². The zero-order valence-corrected chi connectivity index (χ0v) is 18.9. The zero-order chi connectivity index (χ0) is 22.5. The van der Waals surface area contributed by atoms with Gasteiger partial charge in [-0.05, 0) is 73.8 Å². The maximum absolute atomic E-state index is 12.5. The summed E-state index contributed by atoms with van der Waals surface area (Å²) in [5.74, 6) is -0.593. The van der Waals surface area contributed by atoms with Gasteiger partial charge in [-0.1, -0.05) is 18.6 Å². The lowest BCUT2D eigenvalue weighted by atomic mass is 9.98. The van der Waals surface area contributed by atoms with E-state index in [0.717, 1.165) is 38.9 Å². The van der Waals surface area contributed by atoms with E-state index in [1.807, 2.05) is 0 Å². The lowest BCUT2D eigenvalue weighted by Crippen LogP contribution is -2.43. The summed E-state index contributed by atoms with van der Waals surface area (Å²) in [4.78, 5) is 29.7. The van der Waals surface area contributed by atoms with Gasteiger partial charge in [0, 0.05) is 31.5 Å². The highest BCUT2D eigenvalue weighted by Gasteiger charge is 2.26. The Morgan fingerprint density at radius 1 is 1.00 bits per heavy atom. The standard InChI is InChI=1S/C25H32N4O3/c1-28-15-12-19-16-18(6-11-22(19)28)23(29-13-4-3-5-14-29)17-26-24(30)25(31)27-20-7-9-21(32-2)10-8-20/h6-11,16,23H,3-5,12-15,17H2,1-2H3,(H,26,30)(H,27,31)/t23-/m0/s1. The van der Waals surface area contributed by atoms with Crippen LogP contribution in [-0.4, -0.2) is 57.1 Å². The van der Waals surface area contributed by atoms with Gasteiger partial charge in [0.1, 0.15) is 5.75 Å². The highest BCUT2D eigenvalue weighted by atomic mass is 16.5. The van der Waals surface area contributed by atoms with Gasteiger partial charge >= 0.3 is 11.8 Å². The first-order valence-electron chi connectivity index (χ1n) is 11.4. The maximum atomic E-state index is 12.5. The van der Waals surface area contributed by atoms with Crippen LogP contribution in [0.2, 0.25) is 0 Å². The number of nitrogens with one attached hydrogen (secondary N) is 2. The molecule has 7 nitrogen and oxygen atoms in total. The molecule has 0 spiro atoms. The summed E-state index contributed by atoms with van der Waals surface area (Å²) < 4.78 is 5.12. The second-order valence-electron chi connectivity index (χ2n) is 8.56. The van der Waals surface area contributed by atoms with E-state index in [4.69, 9.17) is 4.74 Å². The molecule has 2 aliphatic heterocycles. The van der Waals surface area contributed by atoms with E-state index in [-0.39, 0.29) is 6.04 Å². The number of ether oxygens (including phenoxy) is 1. The van der Waals surface area contributed by atoms with Crippen LogP contribution in [0.15, 0.2) is 42.5 Å². The normalized spacial score (nSPS) is 16.9. The summed E-state index contributed by atoms with van der Waals surface area (Å²) in [6.07, 6.45) is 4.62. The number of carbonyl (C=O) groups is 2. The summed E-state index contributed by atoms with van der Waals surface area (Å²) in [5, 5.41) is 5.52. The Kier molecular flexibility index (Phi) is 6.95. The first kappa shape index (κ1) is 22.1. The summed E-state index contributed by atoms with van der Waals surface area (Å²) in [6.45, 7) is 3.46. The molecule has 7 heteroatoms. The molecule has 0 saturated carbocycles. The topological polar surface area (TPSA) is 73.9 Å². The first-order valence-corrected chi connectivity index (χ1v) is 11.4. The molecule has 0 radical (unpaired) electrons. The van der Waals surface area contributed by atoms with Crippen LogP contribution in [0.3, 0.4) is 0 Å². The fraction of sp³-hybridized carbons (Fsp3) is 0.440. The zero-order valence-electron chi connectivity index (χ0n) is 18.9. The first-order chi connectivity index (χ1) is 15.5. The van der Waals surface area contributed by atoms with Gasteiger partial charge in [0.05, 0.1) is 13.2 Å². The number of anilines is 2. The third-order valence-corrected chi connectivity index (χ3v) is 6.46. The average molecular weight is 437 g/mol. The highest BCUT2D eigenvalue weighted by Crippen LogP contribution is 2.32. The summed E-state index contributed by atoms with van der Waals surface area (Å²) >= 11 is 0. The molecule has 4 rings (SSSR count). The molecule has 2 aromatic rings. The summed E-state index contributed by atoms with van der Waals surface area (Å²) in [6, 6.07) is 13.6. The number of rotatable bonds is 6. The van der Waals surface area contributed by atoms with Gasteiger partial charge in [0.2, 0.25) is 0 Å². The van der Waals surface area contributed by atoms with E-state index in [9.17, 15) is 9.59 Å². The Morgan fingerprint density at radius 2 is 1.75 bits per heavy atom. The Morgan fingerprint density at radius 3 is 2.47 bits per heavy atom. The van der Waals surface area contributed by atoms with E-state index in [1.54, 1.807) is 31.4 Å². The monoisotopic (exact) mass is 436 g/mol. The van der Waals surface area contributed by atoms with Crippen LogP contribution in [0, 0.1) is 0 Å². The number of amides is 2. The average Bonchev–Trinajstić information content (AvgIpc) is 3.20. The van der Waals surface area contributed by atoms with Gasteiger partial charge in [0.25, 0.3) is 0 Å². The summed E-state index contributed by atoms with van der Waals surface area (Å²) in [5.41, 5.74) is 4.41. The van der Waals surface area contributed by atoms with Crippen LogP contribution in [0.25, 0.3) is 0 Å². The minimum Gasteiger partial charge on any atom is -0.497 e. The smallest absolute Gasteiger partial charge is 0.313 e. The number of fused-ring (bicyclic) bond motifs is 1. The molecule has 0 unspecified atom stereocenters. The van der Waals surface area contributed by atoms with Gasteiger partial charge in [-0.25, -0.2) is 0 Å². The van der Waals surface area contributed by atoms with E-state index in [0.29, 0.717) is 18.0 Å². The molecule has 2 amide bonds. The molecule has 1 saturated heterocycles. The number of likely N-dealkylation sites (N-methyl/N-ethyl adjacent to an activating group) is 1. The molecule has 170 valence electrons. The van der Waals surface area contributed by atoms with Crippen LogP contribution < -0.4 is 20.3 Å². The second-order valence-corrected chi connectivity index (χ2v) is 8.56. The van der Waals surface area contributed by atoms with Crippen LogP contribution >= 0.6 is 0 Å². The molecule has 0 aliphatic carbocycles. The predicted molar refractivity (Wildman–Crippen MR) is 126 cm³/mol. The van der Waals surface area contributed by atoms with Gasteiger partial charge in [0.15, 0.2) is 0 Å². The van der Waals surface area contributed by atoms with Crippen molar-refractivity contribution in [3.05, 3.63) is 53.6 Å². The van der Waals surface area contributed by atoms with Crippen molar-refractivity contribution in [3.63, 3.8) is 0 Å². The number of benzene rings is 2. The van der Waals surface area contributed by atoms with Crippen LogP contribution in [0.1, 0.15) is 36.4 Å². The van der Waals surface area contributed by atoms with Crippen LogP contribution in [0.4, 0.5) is 11.4 Å². The Hall–Kier alpha value is -3.06. The minimum atomic E-state index is -0.664. The molecular weight excluding hydrogens is 404 g/mol. The Bertz CT molecular complexity index is 954. The lowest BCUT2D eigenvalue weighted by Gasteiger charge is -2.35. The molecule has 1 fully saturated rings. The second kappa shape index (κ2) is 10.0. The highest BCUT2D eigenvalue weighted by molar-refractivity contribution is 6.39. The van der Waals surface area contributed by atoms with Gasteiger partial charge in [-0.15, -0.1) is 0 Å². The van der Waals surface area contributed by atoms with Gasteiger partial charge < -0.3 is 20.3 Å². The lowest BCUT2D eigenvalue weighted by molar-refractivity contribution is -0.136. The van der Waals surface area contributed by atoms with Gasteiger partial charge in [-0.3, -0.25) is 14.5 Å². The molecule has 2 N–H and O–H groups in total. The molecule has 0 bridgehead atoms. The molecule has 2 aromatic carbocycles. The van der Waals surface area contributed by atoms with Crippen molar-refractivity contribution in [1.82, 2.24) is 10.2 Å². The largest absolute Gasteiger partial charge is 0.497 e. The number of likely N-dealkylation sites (tertiary alicyclic amines) is 1. The fourth-order valence-corrected chi connectivity index (χ4v) is 4.61. The Balaban J connectivity index is 1.42. The molecular formula is C25H32N4O3. The van der Waals surface area contributed by atoms with E-state index >= 15 is 0 Å². The fourth-order valence-electron chi connectivity index (χ4n) is 4.61. The van der Waals surface area contributed by atoms with Crippen molar-refractivity contribution in [3.8, 4) is 5.75 Å². The van der Waals surface area contributed by atoms with Crippen molar-refractivity contribution in [2.24, 2.45) is 0 Å². The molecule has 0 aromatic heterocycles.